The van der Waals surface area contributed by atoms with Gasteiger partial charge in [-0.25, -0.2) is 0 Å². The van der Waals surface area contributed by atoms with Gasteiger partial charge in [0, 0.05) is 25.6 Å². The van der Waals surface area contributed by atoms with Gasteiger partial charge in [0.05, 0.1) is 19.3 Å². The average Bonchev–Trinajstić information content (AvgIpc) is 2.52. The highest BCUT2D eigenvalue weighted by molar-refractivity contribution is 5.77. The summed E-state index contributed by atoms with van der Waals surface area (Å²) < 4.78 is 5.47. The molecule has 1 aromatic rings. The van der Waals surface area contributed by atoms with Crippen LogP contribution in [-0.4, -0.2) is 50.0 Å². The summed E-state index contributed by atoms with van der Waals surface area (Å²) in [7, 11) is 0. The minimum atomic E-state index is -0.531. The maximum Gasteiger partial charge on any atom is 0.222 e. The maximum absolute atomic E-state index is 11.3. The summed E-state index contributed by atoms with van der Waals surface area (Å²) >= 11 is 0. The Morgan fingerprint density at radius 2 is 1.95 bits per heavy atom. The minimum absolute atomic E-state index is 0.00334. The molecule has 0 aromatic heterocycles. The lowest BCUT2D eigenvalue weighted by molar-refractivity contribution is -0.123. The molecule has 0 fully saturated rings. The number of aliphatic hydroxyl groups excluding tert-OH is 1. The Morgan fingerprint density at radius 3 is 2.64 bits per heavy atom. The Kier molecular flexibility index (Phi) is 9.46. The molecule has 5 nitrogen and oxygen atoms in total. The molecule has 0 radical (unpaired) electrons. The van der Waals surface area contributed by atoms with Crippen LogP contribution < -0.4 is 10.6 Å². The number of amides is 1. The smallest absolute Gasteiger partial charge is 0.222 e. The van der Waals surface area contributed by atoms with E-state index in [9.17, 15) is 9.90 Å². The van der Waals surface area contributed by atoms with Crippen molar-refractivity contribution in [3.8, 4) is 0 Å². The van der Waals surface area contributed by atoms with Crippen LogP contribution in [-0.2, 0) is 16.0 Å². The number of rotatable bonds is 11. The van der Waals surface area contributed by atoms with Gasteiger partial charge >= 0.3 is 0 Å². The second-order valence-electron chi connectivity index (χ2n) is 5.61. The Balaban J connectivity index is 1.95. The first-order valence-electron chi connectivity index (χ1n) is 7.87. The van der Waals surface area contributed by atoms with Gasteiger partial charge in [-0.2, -0.15) is 0 Å². The molecule has 3 N–H and O–H groups in total. The van der Waals surface area contributed by atoms with E-state index in [1.807, 2.05) is 32.0 Å². The summed E-state index contributed by atoms with van der Waals surface area (Å²) in [5.74, 6) is 0.0511. The summed E-state index contributed by atoms with van der Waals surface area (Å²) in [6, 6.07) is 10.1. The number of ether oxygens (including phenoxy) is 1. The monoisotopic (exact) mass is 308 g/mol. The topological polar surface area (TPSA) is 70.6 Å². The summed E-state index contributed by atoms with van der Waals surface area (Å²) in [6.07, 6.45) is 0.318. The van der Waals surface area contributed by atoms with E-state index in [-0.39, 0.29) is 11.8 Å². The van der Waals surface area contributed by atoms with Crippen LogP contribution in [0.2, 0.25) is 0 Å². The Bertz CT molecular complexity index is 410. The van der Waals surface area contributed by atoms with Gasteiger partial charge in [0.15, 0.2) is 0 Å². The number of hydrogen-bond acceptors (Lipinski definition) is 4. The molecule has 1 unspecified atom stereocenters. The van der Waals surface area contributed by atoms with Crippen molar-refractivity contribution in [3.05, 3.63) is 35.9 Å². The van der Waals surface area contributed by atoms with E-state index >= 15 is 0 Å². The van der Waals surface area contributed by atoms with Crippen LogP contribution >= 0.6 is 0 Å². The molecule has 1 rings (SSSR count). The van der Waals surface area contributed by atoms with Crippen molar-refractivity contribution in [3.63, 3.8) is 0 Å². The molecule has 22 heavy (non-hydrogen) atoms. The molecular weight excluding hydrogens is 280 g/mol. The molecule has 124 valence electrons. The second kappa shape index (κ2) is 11.2. The van der Waals surface area contributed by atoms with E-state index in [1.54, 1.807) is 0 Å². The number of aliphatic hydroxyl groups is 1. The predicted octanol–water partition coefficient (Wildman–Crippen LogP) is 0.968. The summed E-state index contributed by atoms with van der Waals surface area (Å²) in [6.45, 7) is 6.31. The molecule has 1 aromatic carbocycles. The quantitative estimate of drug-likeness (QED) is 0.533. The van der Waals surface area contributed by atoms with Crippen molar-refractivity contribution >= 4 is 5.91 Å². The molecule has 0 heterocycles. The number of hydrogen-bond donors (Lipinski definition) is 3. The lowest BCUT2D eigenvalue weighted by atomic mass is 10.2. The fourth-order valence-corrected chi connectivity index (χ4v) is 1.86. The van der Waals surface area contributed by atoms with Gasteiger partial charge in [-0.15, -0.1) is 0 Å². The zero-order chi connectivity index (χ0) is 16.2. The van der Waals surface area contributed by atoms with E-state index in [0.717, 1.165) is 6.42 Å². The largest absolute Gasteiger partial charge is 0.389 e. The van der Waals surface area contributed by atoms with Crippen LogP contribution in [0.3, 0.4) is 0 Å². The summed E-state index contributed by atoms with van der Waals surface area (Å²) in [5, 5.41) is 15.7. The van der Waals surface area contributed by atoms with Crippen LogP contribution in [0.1, 0.15) is 19.4 Å². The number of benzene rings is 1. The SMILES string of the molecule is CC(C)C(=O)NCCNCC(O)COCCc1ccccc1. The molecule has 0 saturated heterocycles. The lowest BCUT2D eigenvalue weighted by Gasteiger charge is -2.13. The van der Waals surface area contributed by atoms with E-state index in [0.29, 0.717) is 32.8 Å². The van der Waals surface area contributed by atoms with Gasteiger partial charge in [0.2, 0.25) is 5.91 Å². The molecule has 0 aliphatic rings. The molecule has 1 amide bonds. The zero-order valence-corrected chi connectivity index (χ0v) is 13.5. The van der Waals surface area contributed by atoms with Crippen molar-refractivity contribution in [1.82, 2.24) is 10.6 Å². The first-order chi connectivity index (χ1) is 10.6. The maximum atomic E-state index is 11.3. The minimum Gasteiger partial charge on any atom is -0.389 e. The number of carbonyl (C=O) groups is 1. The number of nitrogens with one attached hydrogen (secondary N) is 2. The van der Waals surface area contributed by atoms with E-state index in [1.165, 1.54) is 5.56 Å². The van der Waals surface area contributed by atoms with Crippen molar-refractivity contribution in [1.29, 1.82) is 0 Å². The van der Waals surface area contributed by atoms with Crippen LogP contribution in [0.4, 0.5) is 0 Å². The fourth-order valence-electron chi connectivity index (χ4n) is 1.86. The van der Waals surface area contributed by atoms with Gasteiger partial charge in [-0.1, -0.05) is 44.2 Å². The Hall–Kier alpha value is -1.43. The van der Waals surface area contributed by atoms with E-state index < -0.39 is 6.10 Å². The molecule has 0 spiro atoms. The standard InChI is InChI=1S/C17H28N2O3/c1-14(2)17(21)19-10-9-18-12-16(20)13-22-11-8-15-6-4-3-5-7-15/h3-7,14,16,18,20H,8-13H2,1-2H3,(H,19,21). The van der Waals surface area contributed by atoms with Crippen LogP contribution in [0.25, 0.3) is 0 Å². The van der Waals surface area contributed by atoms with Gasteiger partial charge in [-0.3, -0.25) is 4.79 Å². The highest BCUT2D eigenvalue weighted by Crippen LogP contribution is 1.99. The van der Waals surface area contributed by atoms with Crippen molar-refractivity contribution in [2.45, 2.75) is 26.4 Å². The zero-order valence-electron chi connectivity index (χ0n) is 13.5. The average molecular weight is 308 g/mol. The van der Waals surface area contributed by atoms with Crippen LogP contribution in [0.15, 0.2) is 30.3 Å². The highest BCUT2D eigenvalue weighted by atomic mass is 16.5. The molecule has 1 atom stereocenters. The van der Waals surface area contributed by atoms with Gasteiger partial charge in [-0.05, 0) is 12.0 Å². The third-order valence-electron chi connectivity index (χ3n) is 3.19. The first kappa shape index (κ1) is 18.6. The Morgan fingerprint density at radius 1 is 1.23 bits per heavy atom. The third-order valence-corrected chi connectivity index (χ3v) is 3.19. The molecule has 5 heteroatoms. The van der Waals surface area contributed by atoms with Crippen molar-refractivity contribution in [2.75, 3.05) is 32.8 Å². The molecular formula is C17H28N2O3. The van der Waals surface area contributed by atoms with Crippen LogP contribution in [0, 0.1) is 5.92 Å². The first-order valence-corrected chi connectivity index (χ1v) is 7.87. The summed E-state index contributed by atoms with van der Waals surface area (Å²) in [5.41, 5.74) is 1.23. The van der Waals surface area contributed by atoms with E-state index in [4.69, 9.17) is 4.74 Å². The normalized spacial score (nSPS) is 12.4. The lowest BCUT2D eigenvalue weighted by Crippen LogP contribution is -2.37. The van der Waals surface area contributed by atoms with Crippen LogP contribution in [0.5, 0.6) is 0 Å². The number of carbonyl (C=O) groups excluding carboxylic acids is 1. The second-order valence-corrected chi connectivity index (χ2v) is 5.61. The van der Waals surface area contributed by atoms with Gasteiger partial charge in [0.1, 0.15) is 0 Å². The molecule has 0 aliphatic carbocycles. The predicted molar refractivity (Wildman–Crippen MR) is 87.7 cm³/mol. The fraction of sp³-hybridized carbons (Fsp3) is 0.588. The Labute approximate surface area is 133 Å². The van der Waals surface area contributed by atoms with Crippen molar-refractivity contribution < 1.29 is 14.6 Å². The summed E-state index contributed by atoms with van der Waals surface area (Å²) in [4.78, 5) is 11.3. The van der Waals surface area contributed by atoms with Gasteiger partial charge in [0.25, 0.3) is 0 Å². The third kappa shape index (κ3) is 8.77. The molecule has 0 aliphatic heterocycles. The van der Waals surface area contributed by atoms with Gasteiger partial charge < -0.3 is 20.5 Å². The van der Waals surface area contributed by atoms with E-state index in [2.05, 4.69) is 22.8 Å². The molecule has 0 saturated carbocycles. The van der Waals surface area contributed by atoms with Crippen molar-refractivity contribution in [2.24, 2.45) is 5.92 Å². The highest BCUT2D eigenvalue weighted by Gasteiger charge is 2.06. The molecule has 0 bridgehead atoms.